The van der Waals surface area contributed by atoms with Crippen LogP contribution in [0.25, 0.3) is 10.9 Å². The van der Waals surface area contributed by atoms with E-state index >= 15 is 0 Å². The summed E-state index contributed by atoms with van der Waals surface area (Å²) in [6.07, 6.45) is 1.79. The summed E-state index contributed by atoms with van der Waals surface area (Å²) in [6.45, 7) is 3.06. The van der Waals surface area contributed by atoms with Gasteiger partial charge in [0.05, 0.1) is 17.2 Å². The van der Waals surface area contributed by atoms with Gasteiger partial charge in [-0.25, -0.2) is 0 Å². The Morgan fingerprint density at radius 3 is 2.90 bits per heavy atom. The van der Waals surface area contributed by atoms with E-state index < -0.39 is 0 Å². The van der Waals surface area contributed by atoms with Crippen LogP contribution in [0.15, 0.2) is 36.4 Å². The first-order valence-corrected chi connectivity index (χ1v) is 7.50. The predicted molar refractivity (Wildman–Crippen MR) is 83.2 cm³/mol. The van der Waals surface area contributed by atoms with Gasteiger partial charge in [-0.1, -0.05) is 31.2 Å². The maximum absolute atomic E-state index is 4.68. The lowest BCUT2D eigenvalue weighted by Gasteiger charge is -2.04. The van der Waals surface area contributed by atoms with Crippen LogP contribution in [0.3, 0.4) is 0 Å². The quantitative estimate of drug-likeness (QED) is 0.779. The first-order valence-electron chi connectivity index (χ1n) is 6.77. The van der Waals surface area contributed by atoms with E-state index in [1.165, 1.54) is 11.7 Å². The van der Waals surface area contributed by atoms with E-state index in [0.29, 0.717) is 6.42 Å². The number of hydrogen-bond donors (Lipinski definition) is 1. The Morgan fingerprint density at radius 2 is 2.00 bits per heavy atom. The summed E-state index contributed by atoms with van der Waals surface area (Å²) in [5, 5.41) is 4.47. The third kappa shape index (κ3) is 2.77. The van der Waals surface area contributed by atoms with Crippen molar-refractivity contribution < 1.29 is 0 Å². The summed E-state index contributed by atoms with van der Waals surface area (Å²) >= 11 is 1.25. The fourth-order valence-corrected chi connectivity index (χ4v) is 2.62. The van der Waals surface area contributed by atoms with Crippen LogP contribution < -0.4 is 5.32 Å². The van der Waals surface area contributed by atoms with E-state index in [9.17, 15) is 0 Å². The van der Waals surface area contributed by atoms with Gasteiger partial charge in [-0.3, -0.25) is 4.98 Å². The Morgan fingerprint density at radius 1 is 1.10 bits per heavy atom. The Bertz CT molecular complexity index is 708. The van der Waals surface area contributed by atoms with Gasteiger partial charge >= 0.3 is 0 Å². The third-order valence-corrected chi connectivity index (χ3v) is 3.67. The summed E-state index contributed by atoms with van der Waals surface area (Å²) in [5.74, 6) is 0.895. The van der Waals surface area contributed by atoms with Crippen molar-refractivity contribution in [3.05, 3.63) is 47.8 Å². The maximum Gasteiger partial charge on any atom is 0.163 e. The average molecular weight is 284 g/mol. The molecule has 0 saturated carbocycles. The predicted octanol–water partition coefficient (Wildman–Crippen LogP) is 3.50. The Labute approximate surface area is 122 Å². The number of aromatic nitrogens is 3. The number of benzene rings is 1. The fraction of sp³-hybridized carbons (Fsp3) is 0.267. The molecule has 1 aromatic carbocycles. The normalized spacial score (nSPS) is 10.8. The van der Waals surface area contributed by atoms with Crippen molar-refractivity contribution in [1.82, 2.24) is 13.7 Å². The van der Waals surface area contributed by atoms with Crippen LogP contribution >= 0.6 is 11.7 Å². The zero-order chi connectivity index (χ0) is 13.8. The molecule has 102 valence electrons. The van der Waals surface area contributed by atoms with Gasteiger partial charge in [-0.15, -0.1) is 0 Å². The smallest absolute Gasteiger partial charge is 0.163 e. The second kappa shape index (κ2) is 5.96. The summed E-state index contributed by atoms with van der Waals surface area (Å²) in [6, 6.07) is 12.3. The van der Waals surface area contributed by atoms with E-state index in [4.69, 9.17) is 0 Å². The second-order valence-corrected chi connectivity index (χ2v) is 5.19. The highest BCUT2D eigenvalue weighted by Crippen LogP contribution is 2.18. The molecule has 5 heteroatoms. The Kier molecular flexibility index (Phi) is 3.87. The molecule has 3 rings (SSSR count). The van der Waals surface area contributed by atoms with Crippen LogP contribution in [0, 0.1) is 0 Å². The number of para-hydroxylation sites is 1. The topological polar surface area (TPSA) is 50.7 Å². The SMILES string of the molecule is CCCNc1nsnc1Cc1ccc2ccccc2n1. The highest BCUT2D eigenvalue weighted by Gasteiger charge is 2.09. The standard InChI is InChI=1S/C15H16N4S/c1-2-9-16-15-14(18-20-19-15)10-12-8-7-11-5-3-4-6-13(11)17-12/h3-8H,2,9-10H2,1H3,(H,16,19). The summed E-state index contributed by atoms with van der Waals surface area (Å²) in [7, 11) is 0. The van der Waals surface area contributed by atoms with Crippen molar-refractivity contribution in [2.45, 2.75) is 19.8 Å². The van der Waals surface area contributed by atoms with Crippen molar-refractivity contribution in [2.24, 2.45) is 0 Å². The number of pyridine rings is 1. The number of nitrogens with one attached hydrogen (secondary N) is 1. The molecular formula is C15H16N4S. The molecule has 0 spiro atoms. The van der Waals surface area contributed by atoms with Crippen LogP contribution in [0.5, 0.6) is 0 Å². The zero-order valence-corrected chi connectivity index (χ0v) is 12.2. The highest BCUT2D eigenvalue weighted by molar-refractivity contribution is 6.99. The maximum atomic E-state index is 4.68. The van der Waals surface area contributed by atoms with Gasteiger partial charge in [0.2, 0.25) is 0 Å². The molecule has 1 N–H and O–H groups in total. The van der Waals surface area contributed by atoms with Crippen molar-refractivity contribution in [3.63, 3.8) is 0 Å². The van der Waals surface area contributed by atoms with Crippen LogP contribution in [0.1, 0.15) is 24.7 Å². The molecule has 0 fully saturated rings. The van der Waals surface area contributed by atoms with Gasteiger partial charge in [0.15, 0.2) is 5.82 Å². The van der Waals surface area contributed by atoms with Crippen LogP contribution in [-0.4, -0.2) is 20.3 Å². The molecule has 3 aromatic rings. The first kappa shape index (κ1) is 13.0. The summed E-state index contributed by atoms with van der Waals surface area (Å²) in [4.78, 5) is 4.68. The first-order chi connectivity index (χ1) is 9.86. The Hall–Kier alpha value is -2.01. The lowest BCUT2D eigenvalue weighted by Crippen LogP contribution is -2.04. The van der Waals surface area contributed by atoms with Gasteiger partial charge < -0.3 is 5.32 Å². The number of fused-ring (bicyclic) bond motifs is 1. The molecule has 0 aliphatic heterocycles. The van der Waals surface area contributed by atoms with Crippen LogP contribution in [0.4, 0.5) is 5.82 Å². The third-order valence-electron chi connectivity index (χ3n) is 3.10. The fourth-order valence-electron chi connectivity index (χ4n) is 2.08. The second-order valence-electron chi connectivity index (χ2n) is 4.66. The molecule has 0 saturated heterocycles. The van der Waals surface area contributed by atoms with Crippen LogP contribution in [-0.2, 0) is 6.42 Å². The molecule has 0 radical (unpaired) electrons. The van der Waals surface area contributed by atoms with E-state index in [-0.39, 0.29) is 0 Å². The van der Waals surface area contributed by atoms with Gasteiger partial charge in [0, 0.05) is 24.0 Å². The van der Waals surface area contributed by atoms with Crippen molar-refractivity contribution in [3.8, 4) is 0 Å². The molecule has 2 heterocycles. The number of nitrogens with zero attached hydrogens (tertiary/aromatic N) is 3. The van der Waals surface area contributed by atoms with Crippen molar-refractivity contribution in [2.75, 3.05) is 11.9 Å². The minimum Gasteiger partial charge on any atom is -0.368 e. The largest absolute Gasteiger partial charge is 0.368 e. The lowest BCUT2D eigenvalue weighted by atomic mass is 10.1. The zero-order valence-electron chi connectivity index (χ0n) is 11.3. The highest BCUT2D eigenvalue weighted by atomic mass is 32.1. The molecule has 20 heavy (non-hydrogen) atoms. The molecule has 0 atom stereocenters. The van der Waals surface area contributed by atoms with Gasteiger partial charge in [-0.2, -0.15) is 8.75 Å². The molecular weight excluding hydrogens is 268 g/mol. The van der Waals surface area contributed by atoms with Gasteiger partial charge in [0.1, 0.15) is 5.69 Å². The molecule has 0 aliphatic carbocycles. The minimum absolute atomic E-state index is 0.716. The molecule has 0 unspecified atom stereocenters. The minimum atomic E-state index is 0.716. The van der Waals surface area contributed by atoms with E-state index in [1.54, 1.807) is 0 Å². The van der Waals surface area contributed by atoms with Gasteiger partial charge in [0.25, 0.3) is 0 Å². The summed E-state index contributed by atoms with van der Waals surface area (Å²) < 4.78 is 8.68. The average Bonchev–Trinajstić information content (AvgIpc) is 2.92. The number of anilines is 1. The van der Waals surface area contributed by atoms with E-state index in [1.807, 2.05) is 18.2 Å². The molecule has 4 nitrogen and oxygen atoms in total. The lowest BCUT2D eigenvalue weighted by molar-refractivity contribution is 0.962. The van der Waals surface area contributed by atoms with Crippen LogP contribution in [0.2, 0.25) is 0 Å². The number of hydrogen-bond acceptors (Lipinski definition) is 5. The molecule has 0 aliphatic rings. The summed E-state index contributed by atoms with van der Waals surface area (Å²) in [5.41, 5.74) is 3.03. The van der Waals surface area contributed by atoms with Crippen molar-refractivity contribution in [1.29, 1.82) is 0 Å². The monoisotopic (exact) mass is 284 g/mol. The Balaban J connectivity index is 1.84. The molecule has 0 bridgehead atoms. The van der Waals surface area contributed by atoms with Gasteiger partial charge in [-0.05, 0) is 18.6 Å². The molecule has 2 aromatic heterocycles. The molecule has 0 amide bonds. The van der Waals surface area contributed by atoms with E-state index in [2.05, 4.69) is 44.2 Å². The van der Waals surface area contributed by atoms with Crippen molar-refractivity contribution >= 4 is 28.4 Å². The van der Waals surface area contributed by atoms with E-state index in [0.717, 1.165) is 41.1 Å². The number of rotatable bonds is 5.